The van der Waals surface area contributed by atoms with E-state index >= 15 is 0 Å². The summed E-state index contributed by atoms with van der Waals surface area (Å²) in [4.78, 5) is 0. The first kappa shape index (κ1) is 15.5. The van der Waals surface area contributed by atoms with E-state index in [1.165, 1.54) is 6.07 Å². The lowest BCUT2D eigenvalue weighted by atomic mass is 10.1. The highest BCUT2D eigenvalue weighted by Crippen LogP contribution is 2.34. The van der Waals surface area contributed by atoms with Crippen molar-refractivity contribution in [3.05, 3.63) is 58.6 Å². The van der Waals surface area contributed by atoms with E-state index in [2.05, 4.69) is 5.32 Å². The van der Waals surface area contributed by atoms with Gasteiger partial charge in [-0.3, -0.25) is 0 Å². The van der Waals surface area contributed by atoms with Crippen molar-refractivity contribution in [2.24, 2.45) is 0 Å². The van der Waals surface area contributed by atoms with Gasteiger partial charge in [0, 0.05) is 11.1 Å². The summed E-state index contributed by atoms with van der Waals surface area (Å²) < 4.78 is 37.7. The fourth-order valence-corrected chi connectivity index (χ4v) is 2.16. The van der Waals surface area contributed by atoms with Gasteiger partial charge in [-0.05, 0) is 42.8 Å². The molecule has 0 fully saturated rings. The lowest BCUT2D eigenvalue weighted by Crippen LogP contribution is -2.10. The highest BCUT2D eigenvalue weighted by Gasteiger charge is 2.30. The largest absolute Gasteiger partial charge is 0.416 e. The van der Waals surface area contributed by atoms with Gasteiger partial charge in [-0.25, -0.2) is 0 Å². The van der Waals surface area contributed by atoms with Gasteiger partial charge in [0.25, 0.3) is 0 Å². The Morgan fingerprint density at radius 1 is 1.14 bits per heavy atom. The summed E-state index contributed by atoms with van der Waals surface area (Å²) in [6, 6.07) is 10.4. The second kappa shape index (κ2) is 5.85. The quantitative estimate of drug-likeness (QED) is 0.772. The Morgan fingerprint density at radius 3 is 2.43 bits per heavy atom. The number of halogens is 4. The Hall–Kier alpha value is -1.88. The molecule has 1 unspecified atom stereocenters. The maximum atomic E-state index is 12.6. The van der Waals surface area contributed by atoms with E-state index in [1.807, 2.05) is 19.1 Å². The number of nitrogens with two attached hydrogens (primary N) is 1. The molecular weight excluding hydrogens is 301 g/mol. The number of anilines is 2. The van der Waals surface area contributed by atoms with Crippen LogP contribution in [-0.2, 0) is 6.18 Å². The minimum atomic E-state index is -4.40. The summed E-state index contributed by atoms with van der Waals surface area (Å²) in [5, 5.41) is 3.68. The minimum absolute atomic E-state index is 0.0544. The number of nitrogen functional groups attached to an aromatic ring is 1. The fourth-order valence-electron chi connectivity index (χ4n) is 1.96. The molecule has 0 aliphatic rings. The molecule has 0 bridgehead atoms. The van der Waals surface area contributed by atoms with Gasteiger partial charge >= 0.3 is 6.18 Å². The number of rotatable bonds is 3. The van der Waals surface area contributed by atoms with E-state index in [0.717, 1.165) is 17.7 Å². The van der Waals surface area contributed by atoms with E-state index in [4.69, 9.17) is 17.3 Å². The summed E-state index contributed by atoms with van der Waals surface area (Å²) >= 11 is 5.92. The predicted molar refractivity (Wildman–Crippen MR) is 79.3 cm³/mol. The lowest BCUT2D eigenvalue weighted by Gasteiger charge is -2.18. The molecule has 0 radical (unpaired) electrons. The molecule has 2 nitrogen and oxygen atoms in total. The Morgan fingerprint density at radius 2 is 1.86 bits per heavy atom. The Labute approximate surface area is 125 Å². The highest BCUT2D eigenvalue weighted by atomic mass is 35.5. The first-order chi connectivity index (χ1) is 9.77. The third-order valence-electron chi connectivity index (χ3n) is 3.10. The van der Waals surface area contributed by atoms with E-state index in [1.54, 1.807) is 12.1 Å². The molecule has 0 aliphatic carbocycles. The lowest BCUT2D eigenvalue weighted by molar-refractivity contribution is -0.137. The first-order valence-corrected chi connectivity index (χ1v) is 6.64. The van der Waals surface area contributed by atoms with Crippen LogP contribution < -0.4 is 11.1 Å². The zero-order valence-corrected chi connectivity index (χ0v) is 12.0. The average molecular weight is 315 g/mol. The van der Waals surface area contributed by atoms with Crippen molar-refractivity contribution in [2.45, 2.75) is 19.1 Å². The molecule has 0 saturated heterocycles. The van der Waals surface area contributed by atoms with Crippen molar-refractivity contribution >= 4 is 23.0 Å². The minimum Gasteiger partial charge on any atom is -0.397 e. The summed E-state index contributed by atoms with van der Waals surface area (Å²) in [7, 11) is 0. The van der Waals surface area contributed by atoms with Crippen molar-refractivity contribution in [1.29, 1.82) is 0 Å². The molecule has 0 heterocycles. The topological polar surface area (TPSA) is 38.0 Å². The molecule has 2 rings (SSSR count). The molecule has 0 amide bonds. The van der Waals surface area contributed by atoms with Crippen LogP contribution in [0.25, 0.3) is 0 Å². The molecule has 21 heavy (non-hydrogen) atoms. The van der Waals surface area contributed by atoms with Crippen LogP contribution in [0.15, 0.2) is 42.5 Å². The maximum Gasteiger partial charge on any atom is 0.416 e. The van der Waals surface area contributed by atoms with Gasteiger partial charge < -0.3 is 11.1 Å². The van der Waals surface area contributed by atoms with Gasteiger partial charge in [-0.1, -0.05) is 23.7 Å². The Bertz CT molecular complexity index is 641. The van der Waals surface area contributed by atoms with Gasteiger partial charge in [-0.15, -0.1) is 0 Å². The van der Waals surface area contributed by atoms with Crippen LogP contribution in [0.3, 0.4) is 0 Å². The van der Waals surface area contributed by atoms with Gasteiger partial charge in [0.15, 0.2) is 0 Å². The SMILES string of the molecule is CC(Nc1ccc(C(F)(F)F)cc1N)c1cccc(Cl)c1. The molecule has 0 spiro atoms. The van der Waals surface area contributed by atoms with Gasteiger partial charge in [0.05, 0.1) is 16.9 Å². The van der Waals surface area contributed by atoms with Crippen LogP contribution in [0.2, 0.25) is 5.02 Å². The summed E-state index contributed by atoms with van der Waals surface area (Å²) in [6.45, 7) is 1.88. The standard InChI is InChI=1S/C15H14ClF3N2/c1-9(10-3-2-4-12(16)7-10)21-14-6-5-11(8-13(14)20)15(17,18)19/h2-9,21H,20H2,1H3. The van der Waals surface area contributed by atoms with E-state index in [9.17, 15) is 13.2 Å². The van der Waals surface area contributed by atoms with Crippen LogP contribution in [0.4, 0.5) is 24.5 Å². The molecule has 0 saturated carbocycles. The Balaban J connectivity index is 2.20. The van der Waals surface area contributed by atoms with Crippen molar-refractivity contribution in [2.75, 3.05) is 11.1 Å². The molecule has 112 valence electrons. The van der Waals surface area contributed by atoms with Crippen LogP contribution in [-0.4, -0.2) is 0 Å². The number of hydrogen-bond acceptors (Lipinski definition) is 2. The second-order valence-corrected chi connectivity index (χ2v) is 5.16. The molecule has 2 aromatic rings. The van der Waals surface area contributed by atoms with Gasteiger partial charge in [0.2, 0.25) is 0 Å². The van der Waals surface area contributed by atoms with Crippen molar-refractivity contribution in [3.8, 4) is 0 Å². The van der Waals surface area contributed by atoms with Crippen molar-refractivity contribution in [1.82, 2.24) is 0 Å². The average Bonchev–Trinajstić information content (AvgIpc) is 2.39. The zero-order chi connectivity index (χ0) is 15.6. The zero-order valence-electron chi connectivity index (χ0n) is 11.2. The van der Waals surface area contributed by atoms with Crippen LogP contribution in [0.5, 0.6) is 0 Å². The number of hydrogen-bond donors (Lipinski definition) is 2. The Kier molecular flexibility index (Phi) is 4.32. The monoisotopic (exact) mass is 314 g/mol. The van der Waals surface area contributed by atoms with E-state index in [-0.39, 0.29) is 11.7 Å². The van der Waals surface area contributed by atoms with Crippen LogP contribution >= 0.6 is 11.6 Å². The molecule has 2 aromatic carbocycles. The first-order valence-electron chi connectivity index (χ1n) is 6.26. The second-order valence-electron chi connectivity index (χ2n) is 4.72. The molecule has 3 N–H and O–H groups in total. The summed E-state index contributed by atoms with van der Waals surface area (Å²) in [5.74, 6) is 0. The molecular formula is C15H14ClF3N2. The summed E-state index contributed by atoms with van der Waals surface area (Å²) in [6.07, 6.45) is -4.40. The maximum absolute atomic E-state index is 12.6. The van der Waals surface area contributed by atoms with E-state index in [0.29, 0.717) is 10.7 Å². The highest BCUT2D eigenvalue weighted by molar-refractivity contribution is 6.30. The van der Waals surface area contributed by atoms with Crippen molar-refractivity contribution in [3.63, 3.8) is 0 Å². The third-order valence-corrected chi connectivity index (χ3v) is 3.33. The number of alkyl halides is 3. The van der Waals surface area contributed by atoms with Crippen LogP contribution in [0.1, 0.15) is 24.1 Å². The normalized spacial score (nSPS) is 13.0. The van der Waals surface area contributed by atoms with E-state index < -0.39 is 11.7 Å². The van der Waals surface area contributed by atoms with Gasteiger partial charge in [-0.2, -0.15) is 13.2 Å². The number of nitrogens with one attached hydrogen (secondary N) is 1. The van der Waals surface area contributed by atoms with Crippen LogP contribution in [0, 0.1) is 0 Å². The predicted octanol–water partition coefficient (Wildman–Crippen LogP) is 5.11. The van der Waals surface area contributed by atoms with Gasteiger partial charge in [0.1, 0.15) is 0 Å². The molecule has 6 heteroatoms. The summed E-state index contributed by atoms with van der Waals surface area (Å²) in [5.41, 5.74) is 6.35. The van der Waals surface area contributed by atoms with Crippen molar-refractivity contribution < 1.29 is 13.2 Å². The smallest absolute Gasteiger partial charge is 0.397 e. The molecule has 1 atom stereocenters. The molecule has 0 aromatic heterocycles. The third kappa shape index (κ3) is 3.82. The molecule has 0 aliphatic heterocycles. The fraction of sp³-hybridized carbons (Fsp3) is 0.200. The number of benzene rings is 2.